The zero-order chi connectivity index (χ0) is 19.1. The maximum atomic E-state index is 12.3. The summed E-state index contributed by atoms with van der Waals surface area (Å²) in [4.78, 5) is 12.3. The van der Waals surface area contributed by atoms with Gasteiger partial charge in [0.05, 0.1) is 18.0 Å². The highest BCUT2D eigenvalue weighted by molar-refractivity contribution is 7.99. The van der Waals surface area contributed by atoms with Gasteiger partial charge in [0.2, 0.25) is 5.91 Å². The highest BCUT2D eigenvalue weighted by atomic mass is 32.2. The first-order valence-electron chi connectivity index (χ1n) is 8.85. The fraction of sp³-hybridized carbons (Fsp3) is 0.250. The first-order chi connectivity index (χ1) is 13.2. The van der Waals surface area contributed by atoms with Crippen LogP contribution in [-0.2, 0) is 11.2 Å². The van der Waals surface area contributed by atoms with Gasteiger partial charge < -0.3 is 10.1 Å². The van der Waals surface area contributed by atoms with E-state index in [0.717, 1.165) is 23.5 Å². The lowest BCUT2D eigenvalue weighted by Gasteiger charge is -2.11. The number of hydrogen-bond donors (Lipinski definition) is 1. The normalized spacial score (nSPS) is 10.6. The van der Waals surface area contributed by atoms with Gasteiger partial charge in [-0.15, -0.1) is 10.2 Å². The summed E-state index contributed by atoms with van der Waals surface area (Å²) in [5.41, 5.74) is 2.99. The number of carbonyl (C=O) groups is 1. The minimum atomic E-state index is -0.0949. The molecule has 1 N–H and O–H groups in total. The van der Waals surface area contributed by atoms with E-state index in [1.54, 1.807) is 6.33 Å². The number of rotatable bonds is 8. The van der Waals surface area contributed by atoms with E-state index >= 15 is 0 Å². The molecule has 27 heavy (non-hydrogen) atoms. The zero-order valence-electron chi connectivity index (χ0n) is 15.4. The molecule has 6 nitrogen and oxygen atoms in total. The van der Waals surface area contributed by atoms with E-state index in [1.807, 2.05) is 54.0 Å². The molecule has 2 aromatic carbocycles. The Labute approximate surface area is 163 Å². The first kappa shape index (κ1) is 19.0. The summed E-state index contributed by atoms with van der Waals surface area (Å²) in [5.74, 6) is 0.940. The van der Waals surface area contributed by atoms with Crippen molar-refractivity contribution < 1.29 is 9.53 Å². The largest absolute Gasteiger partial charge is 0.494 e. The van der Waals surface area contributed by atoms with E-state index in [-0.39, 0.29) is 11.7 Å². The average molecular weight is 382 g/mol. The lowest BCUT2D eigenvalue weighted by Crippen LogP contribution is -2.14. The third-order valence-corrected chi connectivity index (χ3v) is 4.87. The fourth-order valence-electron chi connectivity index (χ4n) is 2.66. The molecule has 1 aromatic heterocycles. The molecule has 0 fully saturated rings. The molecule has 1 heterocycles. The highest BCUT2D eigenvalue weighted by Crippen LogP contribution is 2.23. The van der Waals surface area contributed by atoms with Crippen molar-refractivity contribution in [2.24, 2.45) is 0 Å². The standard InChI is InChI=1S/C20H22N4O2S/c1-3-15-7-5-6-8-18(15)24-14-21-23-20(24)27-13-19(25)22-16-9-11-17(12-10-16)26-4-2/h5-12,14H,3-4,13H2,1-2H3,(H,22,25). The number of para-hydroxylation sites is 1. The maximum Gasteiger partial charge on any atom is 0.234 e. The van der Waals surface area contributed by atoms with Crippen LogP contribution in [-0.4, -0.2) is 33.0 Å². The van der Waals surface area contributed by atoms with Crippen LogP contribution in [0.15, 0.2) is 60.0 Å². The van der Waals surface area contributed by atoms with Crippen LogP contribution < -0.4 is 10.1 Å². The van der Waals surface area contributed by atoms with Gasteiger partial charge in [-0.1, -0.05) is 36.9 Å². The molecule has 0 unspecified atom stereocenters. The molecule has 0 saturated carbocycles. The van der Waals surface area contributed by atoms with Gasteiger partial charge in [-0.3, -0.25) is 9.36 Å². The minimum Gasteiger partial charge on any atom is -0.494 e. The Morgan fingerprint density at radius 3 is 2.67 bits per heavy atom. The van der Waals surface area contributed by atoms with Crippen LogP contribution in [0.3, 0.4) is 0 Å². The summed E-state index contributed by atoms with van der Waals surface area (Å²) >= 11 is 1.36. The topological polar surface area (TPSA) is 69.0 Å². The average Bonchev–Trinajstić information content (AvgIpc) is 3.16. The summed E-state index contributed by atoms with van der Waals surface area (Å²) in [6.45, 7) is 4.66. The van der Waals surface area contributed by atoms with Gasteiger partial charge in [0.25, 0.3) is 0 Å². The number of ether oxygens (including phenoxy) is 1. The minimum absolute atomic E-state index is 0.0949. The van der Waals surface area contributed by atoms with Crippen LogP contribution in [0.1, 0.15) is 19.4 Å². The lowest BCUT2D eigenvalue weighted by atomic mass is 10.1. The number of nitrogens with zero attached hydrogens (tertiary/aromatic N) is 3. The smallest absolute Gasteiger partial charge is 0.234 e. The van der Waals surface area contributed by atoms with Crippen LogP contribution in [0.25, 0.3) is 5.69 Å². The molecule has 0 aliphatic rings. The van der Waals surface area contributed by atoms with Crippen molar-refractivity contribution in [1.82, 2.24) is 14.8 Å². The van der Waals surface area contributed by atoms with Gasteiger partial charge in [0, 0.05) is 5.69 Å². The predicted molar refractivity (Wildman–Crippen MR) is 108 cm³/mol. The lowest BCUT2D eigenvalue weighted by molar-refractivity contribution is -0.113. The number of aryl methyl sites for hydroxylation is 1. The fourth-order valence-corrected chi connectivity index (χ4v) is 3.38. The van der Waals surface area contributed by atoms with Crippen LogP contribution in [0.4, 0.5) is 5.69 Å². The van der Waals surface area contributed by atoms with Crippen molar-refractivity contribution in [2.75, 3.05) is 17.7 Å². The van der Waals surface area contributed by atoms with Gasteiger partial charge in [0.1, 0.15) is 12.1 Å². The molecule has 7 heteroatoms. The summed E-state index contributed by atoms with van der Waals surface area (Å²) in [6.07, 6.45) is 2.60. The molecular formula is C20H22N4O2S. The molecule has 0 spiro atoms. The van der Waals surface area contributed by atoms with Crippen molar-refractivity contribution >= 4 is 23.4 Å². The molecule has 3 aromatic rings. The Morgan fingerprint density at radius 2 is 1.93 bits per heavy atom. The van der Waals surface area contributed by atoms with E-state index in [9.17, 15) is 4.79 Å². The van der Waals surface area contributed by atoms with Gasteiger partial charge in [-0.25, -0.2) is 0 Å². The second kappa shape index (κ2) is 9.23. The molecule has 0 saturated heterocycles. The molecule has 0 radical (unpaired) electrons. The highest BCUT2D eigenvalue weighted by Gasteiger charge is 2.12. The van der Waals surface area contributed by atoms with E-state index in [2.05, 4.69) is 28.5 Å². The number of aromatic nitrogens is 3. The van der Waals surface area contributed by atoms with Crippen LogP contribution in [0, 0.1) is 0 Å². The first-order valence-corrected chi connectivity index (χ1v) is 9.83. The quantitative estimate of drug-likeness (QED) is 0.597. The molecule has 1 amide bonds. The predicted octanol–water partition coefficient (Wildman–Crippen LogP) is 3.96. The number of carbonyl (C=O) groups excluding carboxylic acids is 1. The van der Waals surface area contributed by atoms with Gasteiger partial charge >= 0.3 is 0 Å². The van der Waals surface area contributed by atoms with E-state index in [4.69, 9.17) is 4.74 Å². The van der Waals surface area contributed by atoms with Gasteiger partial charge in [0.15, 0.2) is 5.16 Å². The van der Waals surface area contributed by atoms with E-state index < -0.39 is 0 Å². The van der Waals surface area contributed by atoms with Gasteiger partial charge in [-0.2, -0.15) is 0 Å². The third-order valence-electron chi connectivity index (χ3n) is 3.93. The summed E-state index contributed by atoms with van der Waals surface area (Å²) < 4.78 is 7.33. The maximum absolute atomic E-state index is 12.3. The van der Waals surface area contributed by atoms with Crippen molar-refractivity contribution in [2.45, 2.75) is 25.4 Å². The molecule has 0 aliphatic carbocycles. The Morgan fingerprint density at radius 1 is 1.15 bits per heavy atom. The Hall–Kier alpha value is -2.80. The monoisotopic (exact) mass is 382 g/mol. The Balaban J connectivity index is 1.62. The molecule has 3 rings (SSSR count). The van der Waals surface area contributed by atoms with Crippen molar-refractivity contribution in [1.29, 1.82) is 0 Å². The Kier molecular flexibility index (Phi) is 6.49. The number of amides is 1. The number of hydrogen-bond acceptors (Lipinski definition) is 5. The van der Waals surface area contributed by atoms with E-state index in [0.29, 0.717) is 11.8 Å². The summed E-state index contributed by atoms with van der Waals surface area (Å²) in [7, 11) is 0. The summed E-state index contributed by atoms with van der Waals surface area (Å²) in [5, 5.41) is 11.7. The molecule has 0 bridgehead atoms. The van der Waals surface area contributed by atoms with Crippen LogP contribution >= 0.6 is 11.8 Å². The number of nitrogens with one attached hydrogen (secondary N) is 1. The van der Waals surface area contributed by atoms with Gasteiger partial charge in [-0.05, 0) is 49.2 Å². The Bertz CT molecular complexity index is 893. The second-order valence-corrected chi connectivity index (χ2v) is 6.70. The zero-order valence-corrected chi connectivity index (χ0v) is 16.2. The van der Waals surface area contributed by atoms with Crippen molar-refractivity contribution in [3.05, 3.63) is 60.4 Å². The molecule has 140 valence electrons. The SMILES string of the molecule is CCOc1ccc(NC(=O)CSc2nncn2-c2ccccc2CC)cc1. The number of anilines is 1. The van der Waals surface area contributed by atoms with Crippen molar-refractivity contribution in [3.8, 4) is 11.4 Å². The van der Waals surface area contributed by atoms with Crippen LogP contribution in [0.2, 0.25) is 0 Å². The molecule has 0 atom stereocenters. The molecular weight excluding hydrogens is 360 g/mol. The molecule has 0 aliphatic heterocycles. The number of thioether (sulfide) groups is 1. The second-order valence-electron chi connectivity index (χ2n) is 5.76. The van der Waals surface area contributed by atoms with Crippen molar-refractivity contribution in [3.63, 3.8) is 0 Å². The summed E-state index contributed by atoms with van der Waals surface area (Å²) in [6, 6.07) is 15.5. The number of benzene rings is 2. The van der Waals surface area contributed by atoms with E-state index in [1.165, 1.54) is 17.3 Å². The van der Waals surface area contributed by atoms with Crippen LogP contribution in [0.5, 0.6) is 5.75 Å². The third kappa shape index (κ3) is 4.89.